The van der Waals surface area contributed by atoms with Crippen LogP contribution in [0.5, 0.6) is 0 Å². The fourth-order valence-corrected chi connectivity index (χ4v) is 1.68. The van der Waals surface area contributed by atoms with E-state index in [-0.39, 0.29) is 5.28 Å². The van der Waals surface area contributed by atoms with Crippen LogP contribution in [0.15, 0.2) is 6.07 Å². The standard InChI is InChI=1S/C12H16ClN3O2/c1-12(2,3)18-11(17)16-9-6-8(7-4-5-7)14-10(13)15-9/h6-7H,4-5H2,1-3H3,(H,14,15,16,17). The van der Waals surface area contributed by atoms with Gasteiger partial charge in [0.25, 0.3) is 0 Å². The van der Waals surface area contributed by atoms with E-state index in [2.05, 4.69) is 15.3 Å². The number of carbonyl (C=O) groups excluding carboxylic acids is 1. The number of amides is 1. The van der Waals surface area contributed by atoms with Gasteiger partial charge >= 0.3 is 6.09 Å². The van der Waals surface area contributed by atoms with Gasteiger partial charge in [0.15, 0.2) is 0 Å². The lowest BCUT2D eigenvalue weighted by molar-refractivity contribution is 0.0635. The maximum atomic E-state index is 11.6. The van der Waals surface area contributed by atoms with Gasteiger partial charge in [0.1, 0.15) is 11.4 Å². The Hall–Kier alpha value is -1.36. The van der Waals surface area contributed by atoms with Crippen molar-refractivity contribution in [1.82, 2.24) is 9.97 Å². The molecule has 1 aliphatic rings. The van der Waals surface area contributed by atoms with E-state index < -0.39 is 11.7 Å². The Morgan fingerprint density at radius 3 is 2.67 bits per heavy atom. The smallest absolute Gasteiger partial charge is 0.413 e. The molecule has 1 heterocycles. The monoisotopic (exact) mass is 269 g/mol. The van der Waals surface area contributed by atoms with E-state index in [0.29, 0.717) is 11.7 Å². The maximum absolute atomic E-state index is 11.6. The molecule has 98 valence electrons. The van der Waals surface area contributed by atoms with Gasteiger partial charge in [-0.1, -0.05) is 0 Å². The number of ether oxygens (including phenoxy) is 1. The molecule has 1 N–H and O–H groups in total. The largest absolute Gasteiger partial charge is 0.444 e. The Kier molecular flexibility index (Phi) is 3.43. The van der Waals surface area contributed by atoms with Crippen molar-refractivity contribution < 1.29 is 9.53 Å². The topological polar surface area (TPSA) is 64.1 Å². The van der Waals surface area contributed by atoms with Gasteiger partial charge in [-0.05, 0) is 45.2 Å². The van der Waals surface area contributed by atoms with Crippen LogP contribution in [0, 0.1) is 0 Å². The van der Waals surface area contributed by atoms with Gasteiger partial charge in [0, 0.05) is 12.0 Å². The molecule has 0 unspecified atom stereocenters. The predicted octanol–water partition coefficient (Wildman–Crippen LogP) is 3.35. The van der Waals surface area contributed by atoms with Gasteiger partial charge in [-0.2, -0.15) is 0 Å². The molecule has 18 heavy (non-hydrogen) atoms. The fraction of sp³-hybridized carbons (Fsp3) is 0.583. The van der Waals surface area contributed by atoms with Gasteiger partial charge in [0.05, 0.1) is 5.69 Å². The average molecular weight is 270 g/mol. The first kappa shape index (κ1) is 13.1. The van der Waals surface area contributed by atoms with Gasteiger partial charge in [-0.15, -0.1) is 0 Å². The van der Waals surface area contributed by atoms with E-state index in [1.54, 1.807) is 26.8 Å². The van der Waals surface area contributed by atoms with E-state index in [0.717, 1.165) is 18.5 Å². The third-order valence-corrected chi connectivity index (χ3v) is 2.51. The molecule has 1 aromatic rings. The lowest BCUT2D eigenvalue weighted by Gasteiger charge is -2.19. The second kappa shape index (κ2) is 4.72. The van der Waals surface area contributed by atoms with Crippen molar-refractivity contribution in [1.29, 1.82) is 0 Å². The van der Waals surface area contributed by atoms with Crippen LogP contribution in [-0.4, -0.2) is 21.7 Å². The molecule has 1 fully saturated rings. The number of nitrogens with one attached hydrogen (secondary N) is 1. The van der Waals surface area contributed by atoms with Gasteiger partial charge in [-0.25, -0.2) is 14.8 Å². The highest BCUT2D eigenvalue weighted by molar-refractivity contribution is 6.28. The summed E-state index contributed by atoms with van der Waals surface area (Å²) in [7, 11) is 0. The molecule has 0 atom stereocenters. The predicted molar refractivity (Wildman–Crippen MR) is 68.9 cm³/mol. The Morgan fingerprint density at radius 1 is 1.44 bits per heavy atom. The molecule has 0 aromatic carbocycles. The molecule has 1 aliphatic carbocycles. The van der Waals surface area contributed by atoms with E-state index in [4.69, 9.17) is 16.3 Å². The van der Waals surface area contributed by atoms with E-state index in [9.17, 15) is 4.79 Å². The summed E-state index contributed by atoms with van der Waals surface area (Å²) in [6.45, 7) is 5.40. The van der Waals surface area contributed by atoms with E-state index >= 15 is 0 Å². The first-order valence-electron chi connectivity index (χ1n) is 5.88. The molecular weight excluding hydrogens is 254 g/mol. The Morgan fingerprint density at radius 2 is 2.11 bits per heavy atom. The summed E-state index contributed by atoms with van der Waals surface area (Å²) in [6.07, 6.45) is 1.68. The minimum absolute atomic E-state index is 0.144. The van der Waals surface area contributed by atoms with Crippen LogP contribution in [0.3, 0.4) is 0 Å². The molecule has 6 heteroatoms. The third kappa shape index (κ3) is 3.84. The number of carbonyl (C=O) groups is 1. The summed E-state index contributed by atoms with van der Waals surface area (Å²) < 4.78 is 5.14. The zero-order valence-corrected chi connectivity index (χ0v) is 11.4. The molecular formula is C12H16ClN3O2. The molecule has 0 bridgehead atoms. The highest BCUT2D eigenvalue weighted by atomic mass is 35.5. The Bertz CT molecular complexity index is 467. The number of anilines is 1. The van der Waals surface area contributed by atoms with Crippen molar-refractivity contribution >= 4 is 23.5 Å². The number of hydrogen-bond acceptors (Lipinski definition) is 4. The fourth-order valence-electron chi connectivity index (χ4n) is 1.50. The summed E-state index contributed by atoms with van der Waals surface area (Å²) in [6, 6.07) is 1.74. The van der Waals surface area contributed by atoms with Crippen molar-refractivity contribution in [2.24, 2.45) is 0 Å². The molecule has 2 rings (SSSR count). The van der Waals surface area contributed by atoms with Crippen LogP contribution >= 0.6 is 11.6 Å². The summed E-state index contributed by atoms with van der Waals surface area (Å²) in [5.74, 6) is 0.829. The van der Waals surface area contributed by atoms with Gasteiger partial charge in [0.2, 0.25) is 5.28 Å². The summed E-state index contributed by atoms with van der Waals surface area (Å²) in [4.78, 5) is 19.7. The number of nitrogens with zero attached hydrogens (tertiary/aromatic N) is 2. The lowest BCUT2D eigenvalue weighted by Crippen LogP contribution is -2.27. The number of halogens is 1. The van der Waals surface area contributed by atoms with Crippen molar-refractivity contribution in [3.63, 3.8) is 0 Å². The normalized spacial score (nSPS) is 15.3. The first-order chi connectivity index (χ1) is 8.33. The van der Waals surface area contributed by atoms with Gasteiger partial charge < -0.3 is 4.74 Å². The van der Waals surface area contributed by atoms with Crippen molar-refractivity contribution in [2.75, 3.05) is 5.32 Å². The van der Waals surface area contributed by atoms with Crippen LogP contribution in [0.25, 0.3) is 0 Å². The van der Waals surface area contributed by atoms with E-state index in [1.807, 2.05) is 0 Å². The lowest BCUT2D eigenvalue weighted by atomic mass is 10.2. The number of hydrogen-bond donors (Lipinski definition) is 1. The van der Waals surface area contributed by atoms with Crippen LogP contribution in [0.4, 0.5) is 10.6 Å². The van der Waals surface area contributed by atoms with Crippen molar-refractivity contribution in [2.45, 2.75) is 45.1 Å². The van der Waals surface area contributed by atoms with Crippen LogP contribution in [0.1, 0.15) is 45.2 Å². The highest BCUT2D eigenvalue weighted by Crippen LogP contribution is 2.39. The molecule has 0 spiro atoms. The number of aromatic nitrogens is 2. The van der Waals surface area contributed by atoms with Gasteiger partial charge in [-0.3, -0.25) is 5.32 Å². The summed E-state index contributed by atoms with van der Waals surface area (Å²) in [5.41, 5.74) is 0.335. The van der Waals surface area contributed by atoms with Crippen molar-refractivity contribution in [3.8, 4) is 0 Å². The zero-order valence-electron chi connectivity index (χ0n) is 10.7. The summed E-state index contributed by atoms with van der Waals surface area (Å²) in [5, 5.41) is 2.71. The first-order valence-corrected chi connectivity index (χ1v) is 6.26. The van der Waals surface area contributed by atoms with E-state index in [1.165, 1.54) is 0 Å². The molecule has 1 saturated carbocycles. The third-order valence-electron chi connectivity index (χ3n) is 2.34. The SMILES string of the molecule is CC(C)(C)OC(=O)Nc1cc(C2CC2)nc(Cl)n1. The van der Waals surface area contributed by atoms with Crippen molar-refractivity contribution in [3.05, 3.63) is 17.0 Å². The Labute approximate surface area is 111 Å². The molecule has 0 radical (unpaired) electrons. The quantitative estimate of drug-likeness (QED) is 0.836. The minimum Gasteiger partial charge on any atom is -0.444 e. The van der Waals surface area contributed by atoms with Crippen LogP contribution in [0.2, 0.25) is 5.28 Å². The van der Waals surface area contributed by atoms with Crippen LogP contribution in [-0.2, 0) is 4.74 Å². The second-order valence-electron chi connectivity index (χ2n) is 5.35. The molecule has 1 amide bonds. The molecule has 0 aliphatic heterocycles. The number of rotatable bonds is 2. The zero-order chi connectivity index (χ0) is 13.3. The van der Waals surface area contributed by atoms with Crippen LogP contribution < -0.4 is 5.32 Å². The maximum Gasteiger partial charge on any atom is 0.413 e. The summed E-state index contributed by atoms with van der Waals surface area (Å²) >= 11 is 5.82. The molecule has 0 saturated heterocycles. The minimum atomic E-state index is -0.543. The molecule has 1 aromatic heterocycles. The molecule has 5 nitrogen and oxygen atoms in total. The highest BCUT2D eigenvalue weighted by Gasteiger charge is 2.26. The Balaban J connectivity index is 2.06. The second-order valence-corrected chi connectivity index (χ2v) is 5.69. The average Bonchev–Trinajstić information content (AvgIpc) is 2.95.